The molecule has 1 aromatic carbocycles. The van der Waals surface area contributed by atoms with Crippen molar-refractivity contribution >= 4 is 29.3 Å². The third-order valence-corrected chi connectivity index (χ3v) is 4.30. The SMILES string of the molecule is COC(=O)C1=C(C)O[C@@H](CSCC(=O)Nc2ccccc2)C1. The van der Waals surface area contributed by atoms with Crippen molar-refractivity contribution < 1.29 is 19.1 Å². The number of allylic oxidation sites excluding steroid dienone is 1. The molecule has 0 bridgehead atoms. The second kappa shape index (κ2) is 7.89. The molecule has 2 rings (SSSR count). The first-order valence-corrected chi connectivity index (χ1v) is 8.13. The maximum Gasteiger partial charge on any atom is 0.337 e. The summed E-state index contributed by atoms with van der Waals surface area (Å²) in [6.45, 7) is 1.76. The molecule has 0 saturated carbocycles. The van der Waals surface area contributed by atoms with Crippen LogP contribution in [0.3, 0.4) is 0 Å². The Morgan fingerprint density at radius 3 is 2.77 bits per heavy atom. The normalized spacial score (nSPS) is 17.1. The highest BCUT2D eigenvalue weighted by atomic mass is 32.2. The van der Waals surface area contributed by atoms with Crippen LogP contribution in [0.15, 0.2) is 41.7 Å². The molecule has 1 N–H and O–H groups in total. The van der Waals surface area contributed by atoms with Crippen molar-refractivity contribution in [1.29, 1.82) is 0 Å². The summed E-state index contributed by atoms with van der Waals surface area (Å²) < 4.78 is 10.3. The molecule has 0 fully saturated rings. The molecule has 0 aromatic heterocycles. The number of carbonyl (C=O) groups is 2. The van der Waals surface area contributed by atoms with Gasteiger partial charge in [0, 0.05) is 17.9 Å². The van der Waals surface area contributed by atoms with Crippen LogP contribution in [0.1, 0.15) is 13.3 Å². The van der Waals surface area contributed by atoms with E-state index in [1.165, 1.54) is 18.9 Å². The van der Waals surface area contributed by atoms with Crippen molar-refractivity contribution in [3.63, 3.8) is 0 Å². The second-order valence-corrected chi connectivity index (χ2v) is 5.93. The lowest BCUT2D eigenvalue weighted by Crippen LogP contribution is -2.17. The smallest absolute Gasteiger partial charge is 0.337 e. The molecule has 6 heteroatoms. The van der Waals surface area contributed by atoms with Crippen molar-refractivity contribution in [2.75, 3.05) is 23.9 Å². The number of hydrogen-bond donors (Lipinski definition) is 1. The summed E-state index contributed by atoms with van der Waals surface area (Å²) in [4.78, 5) is 23.3. The Labute approximate surface area is 134 Å². The van der Waals surface area contributed by atoms with Crippen molar-refractivity contribution in [2.45, 2.75) is 19.4 Å². The first-order valence-electron chi connectivity index (χ1n) is 6.97. The van der Waals surface area contributed by atoms with Gasteiger partial charge in [0.25, 0.3) is 0 Å². The molecule has 0 unspecified atom stereocenters. The summed E-state index contributed by atoms with van der Waals surface area (Å²) in [5, 5.41) is 2.83. The molecule has 1 heterocycles. The molecule has 1 atom stereocenters. The van der Waals surface area contributed by atoms with Crippen LogP contribution in [0.2, 0.25) is 0 Å². The van der Waals surface area contributed by atoms with E-state index in [0.29, 0.717) is 29.3 Å². The number of thioether (sulfide) groups is 1. The zero-order valence-electron chi connectivity index (χ0n) is 12.6. The number of ether oxygens (including phenoxy) is 2. The summed E-state index contributed by atoms with van der Waals surface area (Å²) in [7, 11) is 1.36. The van der Waals surface area contributed by atoms with Gasteiger partial charge in [-0.2, -0.15) is 0 Å². The fraction of sp³-hybridized carbons (Fsp3) is 0.375. The summed E-state index contributed by atoms with van der Waals surface area (Å²) in [6.07, 6.45) is 0.454. The van der Waals surface area contributed by atoms with Crippen molar-refractivity contribution in [1.82, 2.24) is 0 Å². The molecular formula is C16H19NO4S. The van der Waals surface area contributed by atoms with E-state index < -0.39 is 0 Å². The number of anilines is 1. The van der Waals surface area contributed by atoms with E-state index in [9.17, 15) is 9.59 Å². The number of para-hydroxylation sites is 1. The van der Waals surface area contributed by atoms with Gasteiger partial charge in [-0.1, -0.05) is 18.2 Å². The number of hydrogen-bond acceptors (Lipinski definition) is 5. The molecule has 1 aliphatic rings. The Morgan fingerprint density at radius 2 is 2.09 bits per heavy atom. The fourth-order valence-electron chi connectivity index (χ4n) is 2.18. The molecule has 0 saturated heterocycles. The molecule has 1 aliphatic heterocycles. The second-order valence-electron chi connectivity index (χ2n) is 4.90. The average molecular weight is 321 g/mol. The Bertz CT molecular complexity index is 571. The third kappa shape index (κ3) is 4.53. The molecule has 0 aliphatic carbocycles. The van der Waals surface area contributed by atoms with Crippen LogP contribution in [0.4, 0.5) is 5.69 Å². The highest BCUT2D eigenvalue weighted by Gasteiger charge is 2.28. The van der Waals surface area contributed by atoms with Gasteiger partial charge in [-0.3, -0.25) is 4.79 Å². The maximum atomic E-state index is 11.8. The quantitative estimate of drug-likeness (QED) is 0.816. The van der Waals surface area contributed by atoms with Crippen molar-refractivity contribution in [3.8, 4) is 0 Å². The lowest BCUT2D eigenvalue weighted by atomic mass is 10.1. The van der Waals surface area contributed by atoms with Gasteiger partial charge in [0.15, 0.2) is 0 Å². The minimum atomic E-state index is -0.341. The van der Waals surface area contributed by atoms with E-state index in [2.05, 4.69) is 5.32 Å². The maximum absolute atomic E-state index is 11.8. The molecule has 22 heavy (non-hydrogen) atoms. The molecule has 1 aromatic rings. The topological polar surface area (TPSA) is 64.6 Å². The van der Waals surface area contributed by atoms with Crippen LogP contribution in [0.25, 0.3) is 0 Å². The predicted octanol–water partition coefficient (Wildman–Crippen LogP) is 2.59. The van der Waals surface area contributed by atoms with E-state index >= 15 is 0 Å². The molecule has 5 nitrogen and oxygen atoms in total. The lowest BCUT2D eigenvalue weighted by Gasteiger charge is -2.11. The number of esters is 1. The van der Waals surface area contributed by atoms with Gasteiger partial charge in [-0.05, 0) is 19.1 Å². The van der Waals surface area contributed by atoms with Gasteiger partial charge in [0.1, 0.15) is 11.9 Å². The van der Waals surface area contributed by atoms with Gasteiger partial charge < -0.3 is 14.8 Å². The van der Waals surface area contributed by atoms with Crippen LogP contribution in [0.5, 0.6) is 0 Å². The lowest BCUT2D eigenvalue weighted by molar-refractivity contribution is -0.136. The fourth-order valence-corrected chi connectivity index (χ4v) is 3.00. The van der Waals surface area contributed by atoms with E-state index in [1.54, 1.807) is 6.92 Å². The molecule has 0 spiro atoms. The van der Waals surface area contributed by atoms with Crippen molar-refractivity contribution in [3.05, 3.63) is 41.7 Å². The Hall–Kier alpha value is -1.95. The highest BCUT2D eigenvalue weighted by Crippen LogP contribution is 2.27. The summed E-state index contributed by atoms with van der Waals surface area (Å²) in [5.41, 5.74) is 1.37. The number of methoxy groups -OCH3 is 1. The van der Waals surface area contributed by atoms with Crippen LogP contribution in [-0.4, -0.2) is 36.6 Å². The monoisotopic (exact) mass is 321 g/mol. The van der Waals surface area contributed by atoms with E-state index in [4.69, 9.17) is 9.47 Å². The number of nitrogens with one attached hydrogen (secondary N) is 1. The zero-order valence-corrected chi connectivity index (χ0v) is 13.4. The number of benzene rings is 1. The van der Waals surface area contributed by atoms with E-state index in [0.717, 1.165) is 5.69 Å². The largest absolute Gasteiger partial charge is 0.493 e. The zero-order chi connectivity index (χ0) is 15.9. The standard InChI is InChI=1S/C16H19NO4S/c1-11-14(16(19)20-2)8-13(21-11)9-22-10-15(18)17-12-6-4-3-5-7-12/h3-7,13H,8-10H2,1-2H3,(H,17,18)/t13-/m1/s1. The van der Waals surface area contributed by atoms with Crippen LogP contribution in [-0.2, 0) is 19.1 Å². The summed E-state index contributed by atoms with van der Waals surface area (Å²) in [6, 6.07) is 9.34. The Kier molecular flexibility index (Phi) is 5.89. The average Bonchev–Trinajstić information content (AvgIpc) is 2.88. The van der Waals surface area contributed by atoms with Gasteiger partial charge >= 0.3 is 5.97 Å². The van der Waals surface area contributed by atoms with Crippen LogP contribution in [0, 0.1) is 0 Å². The molecule has 118 valence electrons. The molecular weight excluding hydrogens is 302 g/mol. The van der Waals surface area contributed by atoms with Crippen LogP contribution < -0.4 is 5.32 Å². The van der Waals surface area contributed by atoms with Gasteiger partial charge in [0.05, 0.1) is 18.4 Å². The summed E-state index contributed by atoms with van der Waals surface area (Å²) in [5.74, 6) is 1.23. The minimum Gasteiger partial charge on any atom is -0.493 e. The van der Waals surface area contributed by atoms with E-state index in [1.807, 2.05) is 30.3 Å². The van der Waals surface area contributed by atoms with Gasteiger partial charge in [-0.15, -0.1) is 11.8 Å². The van der Waals surface area contributed by atoms with Gasteiger partial charge in [-0.25, -0.2) is 4.79 Å². The minimum absolute atomic E-state index is 0.0490. The third-order valence-electron chi connectivity index (χ3n) is 3.23. The molecule has 0 radical (unpaired) electrons. The number of amides is 1. The van der Waals surface area contributed by atoms with Gasteiger partial charge in [0.2, 0.25) is 5.91 Å². The first-order chi connectivity index (χ1) is 10.6. The number of rotatable bonds is 6. The number of carbonyl (C=O) groups excluding carboxylic acids is 2. The predicted molar refractivity (Wildman–Crippen MR) is 86.6 cm³/mol. The van der Waals surface area contributed by atoms with Crippen molar-refractivity contribution in [2.24, 2.45) is 0 Å². The Balaban J connectivity index is 1.70. The first kappa shape index (κ1) is 16.4. The molecule has 1 amide bonds. The van der Waals surface area contributed by atoms with E-state index in [-0.39, 0.29) is 18.0 Å². The highest BCUT2D eigenvalue weighted by molar-refractivity contribution is 8.00. The summed E-state index contributed by atoms with van der Waals surface area (Å²) >= 11 is 1.49. The van der Waals surface area contributed by atoms with Crippen LogP contribution >= 0.6 is 11.8 Å². The Morgan fingerprint density at radius 1 is 1.36 bits per heavy atom.